The number of carbonyl (C=O) groups excluding carboxylic acids is 4. The minimum Gasteiger partial charge on any atom is -0.495 e. The highest BCUT2D eigenvalue weighted by atomic mass is 35.5. The Kier molecular flexibility index (Phi) is 12.6. The van der Waals surface area contributed by atoms with Crippen LogP contribution < -0.4 is 15.0 Å². The number of thiol groups is 1. The maximum absolute atomic E-state index is 14.0. The molecule has 4 bridgehead atoms. The van der Waals surface area contributed by atoms with Gasteiger partial charge in [-0.2, -0.15) is 12.6 Å². The number of hydrogen-bond acceptors (Lipinski definition) is 11. The molecule has 15 heteroatoms. The van der Waals surface area contributed by atoms with Gasteiger partial charge in [-0.3, -0.25) is 14.9 Å². The molecule has 4 rings (SSSR count). The number of esters is 1. The monoisotopic (exact) mass is 737 g/mol. The Morgan fingerprint density at radius 2 is 1.98 bits per heavy atom. The molecule has 0 aliphatic carbocycles. The number of benzene rings is 1. The maximum Gasteiger partial charge on any atom is 0.409 e. The number of likely N-dealkylation sites (N-methyl/N-ethyl adjacent to an activating group) is 1. The van der Waals surface area contributed by atoms with Crippen LogP contribution in [0.25, 0.3) is 0 Å². The molecule has 0 aromatic heterocycles. The van der Waals surface area contributed by atoms with E-state index in [2.05, 4.69) is 17.9 Å². The lowest BCUT2D eigenvalue weighted by atomic mass is 9.83. The van der Waals surface area contributed by atoms with Crippen LogP contribution in [-0.4, -0.2) is 110 Å². The van der Waals surface area contributed by atoms with Crippen LogP contribution in [-0.2, 0) is 39.8 Å². The zero-order valence-electron chi connectivity index (χ0n) is 29.7. The first-order chi connectivity index (χ1) is 23.5. The lowest BCUT2D eigenvalue weighted by molar-refractivity contribution is -0.161. The van der Waals surface area contributed by atoms with E-state index in [-0.39, 0.29) is 30.2 Å². The quantitative estimate of drug-likeness (QED) is 0.214. The molecule has 13 nitrogen and oxygen atoms in total. The summed E-state index contributed by atoms with van der Waals surface area (Å²) in [6, 6.07) is 2.60. The van der Waals surface area contributed by atoms with Gasteiger partial charge in [-0.15, -0.1) is 0 Å². The number of amides is 3. The normalized spacial score (nSPS) is 32.3. The van der Waals surface area contributed by atoms with Gasteiger partial charge in [-0.1, -0.05) is 42.3 Å². The van der Waals surface area contributed by atoms with Gasteiger partial charge in [-0.25, -0.2) is 9.59 Å². The molecule has 2 N–H and O–H groups in total. The van der Waals surface area contributed by atoms with Gasteiger partial charge in [0.2, 0.25) is 11.8 Å². The van der Waals surface area contributed by atoms with Crippen molar-refractivity contribution in [2.24, 2.45) is 5.92 Å². The molecule has 3 aliphatic heterocycles. The number of allylic oxidation sites excluding steroid dienone is 3. The van der Waals surface area contributed by atoms with E-state index in [0.717, 1.165) is 11.1 Å². The molecule has 0 spiro atoms. The number of alkyl carbamates (subject to hydrolysis) is 1. The molecule has 276 valence electrons. The predicted molar refractivity (Wildman–Crippen MR) is 189 cm³/mol. The molecular formula is C35H48ClN3O10S. The van der Waals surface area contributed by atoms with Crippen LogP contribution in [0.5, 0.6) is 5.75 Å². The van der Waals surface area contributed by atoms with Gasteiger partial charge in [0.25, 0.3) is 0 Å². The van der Waals surface area contributed by atoms with Crippen molar-refractivity contribution in [1.82, 2.24) is 10.2 Å². The third kappa shape index (κ3) is 8.42. The average Bonchev–Trinajstić information content (AvgIpc) is 3.76. The van der Waals surface area contributed by atoms with Crippen molar-refractivity contribution in [3.05, 3.63) is 46.5 Å². The second-order valence-corrected chi connectivity index (χ2v) is 14.2. The van der Waals surface area contributed by atoms with Crippen molar-refractivity contribution in [2.45, 2.75) is 95.2 Å². The molecular weight excluding hydrogens is 690 g/mol. The number of rotatable bonds is 7. The van der Waals surface area contributed by atoms with Crippen LogP contribution in [0.15, 0.2) is 35.9 Å². The van der Waals surface area contributed by atoms with Crippen molar-refractivity contribution in [1.29, 1.82) is 0 Å². The molecule has 0 radical (unpaired) electrons. The van der Waals surface area contributed by atoms with E-state index in [0.29, 0.717) is 23.6 Å². The second-order valence-electron chi connectivity index (χ2n) is 13.4. The summed E-state index contributed by atoms with van der Waals surface area (Å²) in [6.07, 6.45) is 1.08. The molecule has 3 amide bonds. The number of anilines is 1. The Morgan fingerprint density at radius 1 is 1.28 bits per heavy atom. The predicted octanol–water partition coefficient (Wildman–Crippen LogP) is 3.83. The van der Waals surface area contributed by atoms with Crippen molar-refractivity contribution in [2.75, 3.05) is 39.0 Å². The highest BCUT2D eigenvalue weighted by Gasteiger charge is 2.64. The van der Waals surface area contributed by atoms with E-state index < -0.39 is 65.7 Å². The molecule has 2 saturated heterocycles. The number of nitrogens with zero attached hydrogens (tertiary/aromatic N) is 2. The Balaban J connectivity index is 1.78. The van der Waals surface area contributed by atoms with E-state index in [1.54, 1.807) is 45.2 Å². The molecule has 3 aliphatic rings. The van der Waals surface area contributed by atoms with Crippen LogP contribution in [0, 0.1) is 5.92 Å². The number of methoxy groups -OCH3 is 2. The summed E-state index contributed by atoms with van der Waals surface area (Å²) < 4.78 is 29.0. The van der Waals surface area contributed by atoms with E-state index in [4.69, 9.17) is 35.3 Å². The molecule has 0 unspecified atom stereocenters. The van der Waals surface area contributed by atoms with Gasteiger partial charge >= 0.3 is 12.1 Å². The smallest absolute Gasteiger partial charge is 0.409 e. The first kappa shape index (κ1) is 39.5. The molecule has 50 heavy (non-hydrogen) atoms. The third-order valence-electron chi connectivity index (χ3n) is 9.85. The number of epoxide rings is 1. The number of hydrogen-bond donors (Lipinski definition) is 3. The zero-order valence-corrected chi connectivity index (χ0v) is 31.4. The lowest BCUT2D eigenvalue weighted by Crippen LogP contribution is -2.63. The van der Waals surface area contributed by atoms with Gasteiger partial charge in [0.1, 0.15) is 40.7 Å². The lowest BCUT2D eigenvalue weighted by Gasteiger charge is -2.42. The minimum atomic E-state index is -1.82. The fourth-order valence-corrected chi connectivity index (χ4v) is 6.99. The van der Waals surface area contributed by atoms with Gasteiger partial charge < -0.3 is 38.6 Å². The largest absolute Gasteiger partial charge is 0.495 e. The highest BCUT2D eigenvalue weighted by Crippen LogP contribution is 2.49. The van der Waals surface area contributed by atoms with E-state index in [9.17, 15) is 24.3 Å². The molecule has 2 fully saturated rings. The fraction of sp³-hybridized carbons (Fsp3) is 0.600. The van der Waals surface area contributed by atoms with E-state index in [1.165, 1.54) is 38.0 Å². The van der Waals surface area contributed by atoms with Gasteiger partial charge in [0.15, 0.2) is 5.72 Å². The van der Waals surface area contributed by atoms with E-state index >= 15 is 0 Å². The summed E-state index contributed by atoms with van der Waals surface area (Å²) in [6.45, 7) is 6.96. The second kappa shape index (κ2) is 15.9. The minimum absolute atomic E-state index is 0.0489. The van der Waals surface area contributed by atoms with Crippen molar-refractivity contribution < 1.29 is 48.0 Å². The van der Waals surface area contributed by atoms with Crippen LogP contribution in [0.4, 0.5) is 10.5 Å². The summed E-state index contributed by atoms with van der Waals surface area (Å²) in [5, 5.41) is 14.4. The van der Waals surface area contributed by atoms with E-state index in [1.807, 2.05) is 13.0 Å². The SMILES string of the molecule is COc1cc2cc(c1Cl)N(C)C(=O)C[C@H](OC(=O)[C@@H](C)N(C)C(=O)CCS)[C@]1(C)O[C@H]1[C@H](C)[C@@H]1C[C@@](O)(NC(=O)O1)[C@H](OC)/C=C/C=C(/C)C2. The first-order valence-electron chi connectivity index (χ1n) is 16.4. The first-order valence-corrected chi connectivity index (χ1v) is 17.5. The Labute approximate surface area is 303 Å². The summed E-state index contributed by atoms with van der Waals surface area (Å²) in [4.78, 5) is 55.6. The van der Waals surface area contributed by atoms with Crippen LogP contribution in [0.3, 0.4) is 0 Å². The highest BCUT2D eigenvalue weighted by molar-refractivity contribution is 7.80. The summed E-state index contributed by atoms with van der Waals surface area (Å²) in [5.74, 6) is -1.30. The molecule has 8 atom stereocenters. The van der Waals surface area contributed by atoms with Crippen LogP contribution in [0.2, 0.25) is 5.02 Å². The van der Waals surface area contributed by atoms with Gasteiger partial charge in [-0.05, 0) is 50.6 Å². The molecule has 3 heterocycles. The third-order valence-corrected chi connectivity index (χ3v) is 10.5. The average molecular weight is 738 g/mol. The Morgan fingerprint density at radius 3 is 2.62 bits per heavy atom. The standard InChI is InChI=1S/C35H48ClN3O10S/c1-19-10-9-11-26(46-8)35(44)18-25(47-33(43)37-35)20(2)31-34(4,49-31)27(48-32(42)21(3)38(5)28(40)12-13-50)17-29(41)39(6)23-15-22(14-19)16-24(45-7)30(23)36/h9-11,15-16,20-21,25-27,31,44,50H,12-14,17-18H2,1-8H3,(H,37,43)/b11-9+,19-10-/t20-,21-,25+,26-,27+,31+,34+,35+/m1/s1. The summed E-state index contributed by atoms with van der Waals surface area (Å²) in [7, 11) is 5.98. The van der Waals surface area contributed by atoms with Crippen molar-refractivity contribution >= 4 is 53.8 Å². The number of aliphatic hydroxyl groups is 1. The zero-order chi connectivity index (χ0) is 37.1. The Hall–Kier alpha value is -3.30. The topological polar surface area (TPSA) is 156 Å². The van der Waals surface area contributed by atoms with Crippen LogP contribution >= 0.6 is 24.2 Å². The molecule has 0 saturated carbocycles. The fourth-order valence-electron chi connectivity index (χ4n) is 6.49. The van der Waals surface area contributed by atoms with Gasteiger partial charge in [0, 0.05) is 40.0 Å². The Bertz CT molecular complexity index is 1540. The van der Waals surface area contributed by atoms with Crippen molar-refractivity contribution in [3.8, 4) is 5.75 Å². The maximum atomic E-state index is 14.0. The molecule has 1 aromatic carbocycles. The number of halogens is 1. The molecule has 1 aromatic rings. The summed E-state index contributed by atoms with van der Waals surface area (Å²) >= 11 is 10.8. The number of ether oxygens (including phenoxy) is 5. The summed E-state index contributed by atoms with van der Waals surface area (Å²) in [5.41, 5.74) is -0.903. The van der Waals surface area contributed by atoms with Crippen molar-refractivity contribution in [3.63, 3.8) is 0 Å². The number of nitrogens with one attached hydrogen (secondary N) is 1. The number of fused-ring (bicyclic) bond motifs is 5. The van der Waals surface area contributed by atoms with Crippen LogP contribution in [0.1, 0.15) is 52.5 Å². The number of carbonyl (C=O) groups is 4. The van der Waals surface area contributed by atoms with Gasteiger partial charge in [0.05, 0.1) is 25.3 Å².